The summed E-state index contributed by atoms with van der Waals surface area (Å²) in [5.74, 6) is 0.454. The Morgan fingerprint density at radius 1 is 1.07 bits per heavy atom. The van der Waals surface area contributed by atoms with E-state index in [1.54, 1.807) is 18.2 Å². The number of ether oxygens (including phenoxy) is 2. The first-order valence-corrected chi connectivity index (χ1v) is 10.7. The van der Waals surface area contributed by atoms with Gasteiger partial charge in [-0.15, -0.1) is 0 Å². The SMILES string of the molecule is CCCCCCCCCC(=O)OC[C@@H](O)CCCCOc1cccc(C=O)c1. The van der Waals surface area contributed by atoms with Gasteiger partial charge in [0.2, 0.25) is 0 Å². The fourth-order valence-corrected chi connectivity index (χ4v) is 2.92. The van der Waals surface area contributed by atoms with Crippen LogP contribution in [-0.4, -0.2) is 36.7 Å². The van der Waals surface area contributed by atoms with Gasteiger partial charge in [-0.2, -0.15) is 0 Å². The third kappa shape index (κ3) is 12.5. The van der Waals surface area contributed by atoms with Crippen molar-refractivity contribution >= 4 is 12.3 Å². The first-order valence-electron chi connectivity index (χ1n) is 10.7. The largest absolute Gasteiger partial charge is 0.494 e. The smallest absolute Gasteiger partial charge is 0.305 e. The van der Waals surface area contributed by atoms with Gasteiger partial charge in [-0.05, 0) is 37.8 Å². The molecular weight excluding hydrogens is 356 g/mol. The monoisotopic (exact) mass is 392 g/mol. The van der Waals surface area contributed by atoms with Crippen molar-refractivity contribution in [2.45, 2.75) is 83.7 Å². The summed E-state index contributed by atoms with van der Waals surface area (Å²) < 4.78 is 10.7. The van der Waals surface area contributed by atoms with Gasteiger partial charge in [-0.25, -0.2) is 0 Å². The first kappa shape index (κ1) is 24.2. The lowest BCUT2D eigenvalue weighted by Gasteiger charge is -2.12. The van der Waals surface area contributed by atoms with Crippen molar-refractivity contribution in [3.05, 3.63) is 29.8 Å². The molecule has 0 saturated heterocycles. The molecule has 1 aromatic rings. The summed E-state index contributed by atoms with van der Waals surface area (Å²) in [5.41, 5.74) is 0.589. The minimum Gasteiger partial charge on any atom is -0.494 e. The topological polar surface area (TPSA) is 72.8 Å². The number of esters is 1. The van der Waals surface area contributed by atoms with Gasteiger partial charge in [0.25, 0.3) is 0 Å². The van der Waals surface area contributed by atoms with E-state index in [-0.39, 0.29) is 12.6 Å². The summed E-state index contributed by atoms with van der Waals surface area (Å²) in [7, 11) is 0. The number of unbranched alkanes of at least 4 members (excludes halogenated alkanes) is 7. The zero-order valence-electron chi connectivity index (χ0n) is 17.2. The van der Waals surface area contributed by atoms with Crippen LogP contribution in [0.4, 0.5) is 0 Å². The molecule has 0 aliphatic rings. The molecule has 158 valence electrons. The van der Waals surface area contributed by atoms with Crippen LogP contribution >= 0.6 is 0 Å². The van der Waals surface area contributed by atoms with Crippen molar-refractivity contribution in [2.24, 2.45) is 0 Å². The van der Waals surface area contributed by atoms with Crippen LogP contribution in [0.5, 0.6) is 5.75 Å². The minimum atomic E-state index is -0.628. The Hall–Kier alpha value is -1.88. The maximum atomic E-state index is 11.7. The molecule has 1 aromatic carbocycles. The van der Waals surface area contributed by atoms with Gasteiger partial charge in [0, 0.05) is 12.0 Å². The van der Waals surface area contributed by atoms with Crippen LogP contribution in [0.2, 0.25) is 0 Å². The average Bonchev–Trinajstić information content (AvgIpc) is 2.71. The number of rotatable bonds is 17. The molecule has 0 unspecified atom stereocenters. The predicted molar refractivity (Wildman–Crippen MR) is 111 cm³/mol. The number of carbonyl (C=O) groups is 2. The highest BCUT2D eigenvalue weighted by molar-refractivity contribution is 5.75. The van der Waals surface area contributed by atoms with Crippen LogP contribution in [0.1, 0.15) is 87.9 Å². The number of aliphatic hydroxyl groups is 1. The number of carbonyl (C=O) groups excluding carboxylic acids is 2. The van der Waals surface area contributed by atoms with Crippen molar-refractivity contribution in [1.82, 2.24) is 0 Å². The fourth-order valence-electron chi connectivity index (χ4n) is 2.92. The number of aliphatic hydroxyl groups excluding tert-OH is 1. The third-order valence-electron chi connectivity index (χ3n) is 4.62. The molecule has 0 aliphatic carbocycles. The zero-order chi connectivity index (χ0) is 20.5. The molecule has 0 fully saturated rings. The Bertz CT molecular complexity index is 544. The van der Waals surface area contributed by atoms with E-state index in [4.69, 9.17) is 9.47 Å². The fraction of sp³-hybridized carbons (Fsp3) is 0.652. The molecule has 0 heterocycles. The molecule has 0 aliphatic heterocycles. The maximum Gasteiger partial charge on any atom is 0.305 e. The van der Waals surface area contributed by atoms with Crippen LogP contribution in [0.15, 0.2) is 24.3 Å². The van der Waals surface area contributed by atoms with Crippen molar-refractivity contribution in [3.8, 4) is 5.75 Å². The zero-order valence-corrected chi connectivity index (χ0v) is 17.2. The van der Waals surface area contributed by atoms with E-state index in [0.29, 0.717) is 30.8 Å². The van der Waals surface area contributed by atoms with E-state index in [1.807, 2.05) is 6.07 Å². The van der Waals surface area contributed by atoms with E-state index in [0.717, 1.165) is 32.0 Å². The molecule has 1 rings (SSSR count). The minimum absolute atomic E-state index is 0.0670. The molecule has 0 spiro atoms. The molecule has 5 nitrogen and oxygen atoms in total. The third-order valence-corrected chi connectivity index (χ3v) is 4.62. The molecule has 1 atom stereocenters. The summed E-state index contributed by atoms with van der Waals surface area (Å²) in [6.07, 6.45) is 10.9. The lowest BCUT2D eigenvalue weighted by Crippen LogP contribution is -2.18. The molecule has 1 N–H and O–H groups in total. The van der Waals surface area contributed by atoms with Crippen molar-refractivity contribution in [2.75, 3.05) is 13.2 Å². The normalized spacial score (nSPS) is 11.8. The van der Waals surface area contributed by atoms with Crippen LogP contribution in [-0.2, 0) is 9.53 Å². The Kier molecular flexibility index (Phi) is 13.9. The molecular formula is C23H36O5. The van der Waals surface area contributed by atoms with Crippen molar-refractivity contribution in [3.63, 3.8) is 0 Å². The molecule has 28 heavy (non-hydrogen) atoms. The lowest BCUT2D eigenvalue weighted by molar-refractivity contribution is -0.146. The van der Waals surface area contributed by atoms with Crippen LogP contribution in [0.25, 0.3) is 0 Å². The van der Waals surface area contributed by atoms with Crippen LogP contribution in [0, 0.1) is 0 Å². The Morgan fingerprint density at radius 2 is 1.82 bits per heavy atom. The Labute approximate surface area is 169 Å². The average molecular weight is 393 g/mol. The maximum absolute atomic E-state index is 11.7. The molecule has 0 amide bonds. The van der Waals surface area contributed by atoms with Gasteiger partial charge in [-0.3, -0.25) is 9.59 Å². The highest BCUT2D eigenvalue weighted by Gasteiger charge is 2.09. The quantitative estimate of drug-likeness (QED) is 0.227. The van der Waals surface area contributed by atoms with Gasteiger partial charge in [0.1, 0.15) is 18.6 Å². The lowest BCUT2D eigenvalue weighted by atomic mass is 10.1. The number of benzene rings is 1. The van der Waals surface area contributed by atoms with E-state index in [1.165, 1.54) is 32.1 Å². The summed E-state index contributed by atoms with van der Waals surface area (Å²) in [6.45, 7) is 2.79. The van der Waals surface area contributed by atoms with E-state index in [2.05, 4.69) is 6.92 Å². The molecule has 5 heteroatoms. The van der Waals surface area contributed by atoms with Gasteiger partial charge in [-0.1, -0.05) is 57.6 Å². The van der Waals surface area contributed by atoms with Gasteiger partial charge in [0.15, 0.2) is 0 Å². The Balaban J connectivity index is 1.97. The second-order valence-corrected chi connectivity index (χ2v) is 7.24. The highest BCUT2D eigenvalue weighted by Crippen LogP contribution is 2.13. The summed E-state index contributed by atoms with van der Waals surface area (Å²) in [5, 5.41) is 9.92. The molecule has 0 saturated carbocycles. The van der Waals surface area contributed by atoms with E-state index in [9.17, 15) is 14.7 Å². The summed E-state index contributed by atoms with van der Waals surface area (Å²) in [6, 6.07) is 7.02. The van der Waals surface area contributed by atoms with E-state index >= 15 is 0 Å². The second-order valence-electron chi connectivity index (χ2n) is 7.24. The highest BCUT2D eigenvalue weighted by atomic mass is 16.5. The van der Waals surface area contributed by atoms with E-state index < -0.39 is 6.10 Å². The molecule has 0 bridgehead atoms. The second kappa shape index (κ2) is 16.1. The van der Waals surface area contributed by atoms with Crippen LogP contribution in [0.3, 0.4) is 0 Å². The van der Waals surface area contributed by atoms with Gasteiger partial charge < -0.3 is 14.6 Å². The van der Waals surface area contributed by atoms with Crippen LogP contribution < -0.4 is 4.74 Å². The standard InChI is InChI=1S/C23H36O5/c1-2-3-4-5-6-7-8-15-23(26)28-19-21(25)13-9-10-16-27-22-14-11-12-20(17-22)18-24/h11-12,14,17-18,21,25H,2-10,13,15-16,19H2,1H3/t21-/m0/s1. The summed E-state index contributed by atoms with van der Waals surface area (Å²) >= 11 is 0. The number of hydrogen-bond donors (Lipinski definition) is 1. The number of hydrogen-bond acceptors (Lipinski definition) is 5. The van der Waals surface area contributed by atoms with Crippen molar-refractivity contribution in [1.29, 1.82) is 0 Å². The predicted octanol–water partition coefficient (Wildman–Crippen LogP) is 5.09. The molecule has 0 aromatic heterocycles. The molecule has 0 radical (unpaired) electrons. The first-order chi connectivity index (χ1) is 13.7. The Morgan fingerprint density at radius 3 is 2.57 bits per heavy atom. The van der Waals surface area contributed by atoms with Gasteiger partial charge >= 0.3 is 5.97 Å². The van der Waals surface area contributed by atoms with Gasteiger partial charge in [0.05, 0.1) is 12.7 Å². The summed E-state index contributed by atoms with van der Waals surface area (Å²) in [4.78, 5) is 22.4. The van der Waals surface area contributed by atoms with Crippen molar-refractivity contribution < 1.29 is 24.2 Å². The number of aldehydes is 1.